The minimum Gasteiger partial charge on any atom is -0.508 e. The lowest BCUT2D eigenvalue weighted by Crippen LogP contribution is -2.41. The van der Waals surface area contributed by atoms with Crippen LogP contribution in [0.2, 0.25) is 0 Å². The Labute approximate surface area is 123 Å². The Morgan fingerprint density at radius 1 is 1.30 bits per heavy atom. The summed E-state index contributed by atoms with van der Waals surface area (Å²) in [5.74, 6) is 0.713. The summed E-state index contributed by atoms with van der Waals surface area (Å²) in [5, 5.41) is 10.3. The first-order chi connectivity index (χ1) is 9.22. The number of ether oxygens (including phenoxy) is 1. The molecule has 0 amide bonds. The molecule has 112 valence electrons. The predicted octanol–water partition coefficient (Wildman–Crippen LogP) is 3.47. The molecule has 1 fully saturated rings. The van der Waals surface area contributed by atoms with Gasteiger partial charge in [-0.05, 0) is 51.7 Å². The predicted molar refractivity (Wildman–Crippen MR) is 82.2 cm³/mol. The van der Waals surface area contributed by atoms with E-state index in [9.17, 15) is 9.32 Å². The number of rotatable bonds is 3. The van der Waals surface area contributed by atoms with Gasteiger partial charge in [-0.15, -0.1) is 0 Å². The number of hydrogen-bond acceptors (Lipinski definition) is 3. The van der Waals surface area contributed by atoms with Gasteiger partial charge in [0.1, 0.15) is 5.75 Å². The molecule has 0 aliphatic carbocycles. The van der Waals surface area contributed by atoms with E-state index in [0.717, 1.165) is 30.4 Å². The molecule has 1 heterocycles. The van der Waals surface area contributed by atoms with Gasteiger partial charge in [-0.25, -0.2) is 0 Å². The third kappa shape index (κ3) is 3.41. The molecule has 0 radical (unpaired) electrons. The van der Waals surface area contributed by atoms with Gasteiger partial charge < -0.3 is 9.84 Å². The van der Waals surface area contributed by atoms with Gasteiger partial charge >= 0.3 is 0 Å². The Hall–Kier alpha value is -0.870. The van der Waals surface area contributed by atoms with E-state index in [0.29, 0.717) is 5.75 Å². The smallest absolute Gasteiger partial charge is 0.121 e. The van der Waals surface area contributed by atoms with Crippen LogP contribution < -0.4 is 0 Å². The van der Waals surface area contributed by atoms with Crippen LogP contribution in [0.5, 0.6) is 5.75 Å². The lowest BCUT2D eigenvalue weighted by atomic mass is 9.83. The molecule has 0 saturated carbocycles. The van der Waals surface area contributed by atoms with E-state index < -0.39 is 16.4 Å². The summed E-state index contributed by atoms with van der Waals surface area (Å²) in [4.78, 5) is 0. The molecule has 1 N–H and O–H groups in total. The molecule has 3 nitrogen and oxygen atoms in total. The number of phenols is 1. The zero-order chi connectivity index (χ0) is 15.0. The second-order valence-corrected chi connectivity index (χ2v) is 7.95. The maximum absolute atomic E-state index is 11.3. The first-order valence-electron chi connectivity index (χ1n) is 7.04. The first kappa shape index (κ1) is 15.5. The van der Waals surface area contributed by atoms with Crippen molar-refractivity contribution in [2.24, 2.45) is 0 Å². The number of hydrogen-bond donors (Lipinski definition) is 1. The monoisotopic (exact) mass is 296 g/mol. The summed E-state index contributed by atoms with van der Waals surface area (Å²) in [6.07, 6.45) is 4.70. The van der Waals surface area contributed by atoms with Crippen molar-refractivity contribution >= 4 is 10.8 Å². The van der Waals surface area contributed by atoms with Gasteiger partial charge in [0.25, 0.3) is 0 Å². The van der Waals surface area contributed by atoms with Crippen LogP contribution in [0.1, 0.15) is 51.2 Å². The normalized spacial score (nSPS) is 27.2. The van der Waals surface area contributed by atoms with Crippen molar-refractivity contribution in [3.05, 3.63) is 29.3 Å². The molecule has 1 aliphatic heterocycles. The molecule has 0 aromatic heterocycles. The van der Waals surface area contributed by atoms with Crippen molar-refractivity contribution in [3.63, 3.8) is 0 Å². The van der Waals surface area contributed by atoms with Crippen LogP contribution >= 0.6 is 0 Å². The average molecular weight is 296 g/mol. The van der Waals surface area contributed by atoms with Crippen LogP contribution in [-0.2, 0) is 26.9 Å². The molecular formula is C16H24O3S. The molecule has 1 unspecified atom stereocenters. The van der Waals surface area contributed by atoms with E-state index in [-0.39, 0.29) is 11.4 Å². The van der Waals surface area contributed by atoms with E-state index in [1.165, 1.54) is 0 Å². The van der Waals surface area contributed by atoms with Gasteiger partial charge in [0, 0.05) is 28.4 Å². The van der Waals surface area contributed by atoms with Crippen LogP contribution in [0.4, 0.5) is 0 Å². The minimum atomic E-state index is -0.901. The van der Waals surface area contributed by atoms with Crippen molar-refractivity contribution in [3.8, 4) is 5.75 Å². The molecule has 1 aromatic carbocycles. The highest BCUT2D eigenvalue weighted by Gasteiger charge is 2.39. The highest BCUT2D eigenvalue weighted by molar-refractivity contribution is 7.83. The van der Waals surface area contributed by atoms with E-state index in [2.05, 4.69) is 13.8 Å². The molecule has 2 atom stereocenters. The molecular weight excluding hydrogens is 272 g/mol. The fourth-order valence-electron chi connectivity index (χ4n) is 3.10. The van der Waals surface area contributed by atoms with Gasteiger partial charge in [0.2, 0.25) is 0 Å². The highest BCUT2D eigenvalue weighted by Crippen LogP contribution is 2.44. The molecule has 0 spiro atoms. The molecule has 2 rings (SSSR count). The third-order valence-corrected chi connectivity index (χ3v) is 4.68. The zero-order valence-corrected chi connectivity index (χ0v) is 13.5. The zero-order valence-electron chi connectivity index (χ0n) is 12.7. The number of benzene rings is 1. The summed E-state index contributed by atoms with van der Waals surface area (Å²) >= 11 is 0. The molecule has 20 heavy (non-hydrogen) atoms. The molecule has 4 heteroatoms. The quantitative estimate of drug-likeness (QED) is 0.929. The second-order valence-electron chi connectivity index (χ2n) is 6.52. The Kier molecular flexibility index (Phi) is 4.26. The fraction of sp³-hybridized carbons (Fsp3) is 0.625. The largest absolute Gasteiger partial charge is 0.508 e. The Balaban J connectivity index is 2.30. The van der Waals surface area contributed by atoms with Crippen molar-refractivity contribution < 1.29 is 14.1 Å². The third-order valence-electron chi connectivity index (χ3n) is 3.94. The Bertz CT molecular complexity index is 524. The summed E-state index contributed by atoms with van der Waals surface area (Å²) in [6.45, 7) is 6.23. The lowest BCUT2D eigenvalue weighted by Gasteiger charge is -2.44. The van der Waals surface area contributed by atoms with Crippen molar-refractivity contribution in [1.82, 2.24) is 0 Å². The van der Waals surface area contributed by atoms with E-state index >= 15 is 0 Å². The Morgan fingerprint density at radius 2 is 2.00 bits per heavy atom. The fourth-order valence-corrected chi connectivity index (χ4v) is 3.75. The van der Waals surface area contributed by atoms with E-state index in [4.69, 9.17) is 4.74 Å². The number of phenolic OH excluding ortho intramolecular Hbond substituents is 1. The van der Waals surface area contributed by atoms with Gasteiger partial charge in [0.05, 0.1) is 11.2 Å². The van der Waals surface area contributed by atoms with Crippen LogP contribution in [0, 0.1) is 0 Å². The van der Waals surface area contributed by atoms with Crippen LogP contribution in [0.25, 0.3) is 0 Å². The maximum atomic E-state index is 11.3. The van der Waals surface area contributed by atoms with E-state index in [1.807, 2.05) is 19.1 Å². The van der Waals surface area contributed by atoms with E-state index in [1.54, 1.807) is 12.3 Å². The highest BCUT2D eigenvalue weighted by atomic mass is 32.2. The van der Waals surface area contributed by atoms with Gasteiger partial charge in [-0.2, -0.15) is 0 Å². The average Bonchev–Trinajstić information content (AvgIpc) is 2.25. The van der Waals surface area contributed by atoms with Gasteiger partial charge in [-0.3, -0.25) is 4.21 Å². The Morgan fingerprint density at radius 3 is 2.55 bits per heavy atom. The minimum absolute atomic E-state index is 0.164. The van der Waals surface area contributed by atoms with Crippen LogP contribution in [-0.4, -0.2) is 21.2 Å². The molecule has 1 aromatic rings. The topological polar surface area (TPSA) is 46.5 Å². The van der Waals surface area contributed by atoms with Crippen LogP contribution in [0.15, 0.2) is 18.2 Å². The van der Waals surface area contributed by atoms with Crippen molar-refractivity contribution in [2.45, 2.75) is 57.0 Å². The number of aromatic hydroxyl groups is 1. The molecule has 1 saturated heterocycles. The summed E-state index contributed by atoms with van der Waals surface area (Å²) in [7, 11) is -0.901. The summed E-state index contributed by atoms with van der Waals surface area (Å²) < 4.78 is 17.5. The van der Waals surface area contributed by atoms with Crippen molar-refractivity contribution in [2.75, 3.05) is 6.26 Å². The van der Waals surface area contributed by atoms with Gasteiger partial charge in [-0.1, -0.05) is 12.1 Å². The first-order valence-corrected chi connectivity index (χ1v) is 8.77. The van der Waals surface area contributed by atoms with Gasteiger partial charge in [0.15, 0.2) is 0 Å². The maximum Gasteiger partial charge on any atom is 0.121 e. The summed E-state index contributed by atoms with van der Waals surface area (Å²) in [5.41, 5.74) is 1.11. The summed E-state index contributed by atoms with van der Waals surface area (Å²) in [6, 6.07) is 5.57. The SMILES string of the molecule is CS(=O)Cc1ccc([C@@]2(C)CCCC(C)(C)O2)c(O)c1. The molecule has 1 aliphatic rings. The molecule has 0 bridgehead atoms. The van der Waals surface area contributed by atoms with Crippen LogP contribution in [0.3, 0.4) is 0 Å². The second kappa shape index (κ2) is 5.49. The standard InChI is InChI=1S/C16H24O3S/c1-15(2)8-5-9-16(3,19-15)13-7-6-12(10-14(13)17)11-20(4)18/h6-7,10,17H,5,8-9,11H2,1-4H3/t16-,20?/m1/s1. The van der Waals surface area contributed by atoms with Crippen molar-refractivity contribution in [1.29, 1.82) is 0 Å². The lowest BCUT2D eigenvalue weighted by molar-refractivity contribution is -0.171.